The van der Waals surface area contributed by atoms with Crippen molar-refractivity contribution in [1.29, 1.82) is 0 Å². The molecule has 2 amide bonds. The van der Waals surface area contributed by atoms with Crippen LogP contribution in [0.25, 0.3) is 11.0 Å². The molecule has 0 saturated carbocycles. The normalized spacial score (nSPS) is 19.4. The van der Waals surface area contributed by atoms with E-state index in [0.717, 1.165) is 16.6 Å². The molecule has 0 aliphatic carbocycles. The maximum atomic E-state index is 12.4. The van der Waals surface area contributed by atoms with Gasteiger partial charge in [-0.3, -0.25) is 24.0 Å². The SMILES string of the molecule is Cc1cccc2c1n(C1CCC(=O)NC1=O)c(=O)n2C. The molecule has 1 N–H and O–H groups in total. The number of piperidine rings is 1. The van der Waals surface area contributed by atoms with Crippen molar-refractivity contribution in [1.82, 2.24) is 14.5 Å². The molecule has 1 atom stereocenters. The Morgan fingerprint density at radius 2 is 2.00 bits per heavy atom. The van der Waals surface area contributed by atoms with E-state index in [1.807, 2.05) is 25.1 Å². The lowest BCUT2D eigenvalue weighted by atomic mass is 10.1. The molecular formula is C14H15N3O3. The fourth-order valence-electron chi connectivity index (χ4n) is 2.81. The Labute approximate surface area is 115 Å². The molecule has 0 bridgehead atoms. The van der Waals surface area contributed by atoms with Gasteiger partial charge in [0.05, 0.1) is 11.0 Å². The number of carbonyl (C=O) groups is 2. The number of hydrogen-bond acceptors (Lipinski definition) is 3. The average molecular weight is 273 g/mol. The molecule has 2 aromatic rings. The zero-order valence-electron chi connectivity index (χ0n) is 11.3. The minimum absolute atomic E-state index is 0.233. The Hall–Kier alpha value is -2.37. The summed E-state index contributed by atoms with van der Waals surface area (Å²) in [4.78, 5) is 35.7. The van der Waals surface area contributed by atoms with Gasteiger partial charge in [-0.1, -0.05) is 12.1 Å². The number of imide groups is 1. The van der Waals surface area contributed by atoms with Crippen molar-refractivity contribution in [2.45, 2.75) is 25.8 Å². The van der Waals surface area contributed by atoms with E-state index in [1.54, 1.807) is 7.05 Å². The van der Waals surface area contributed by atoms with Crippen molar-refractivity contribution >= 4 is 22.8 Å². The van der Waals surface area contributed by atoms with E-state index in [1.165, 1.54) is 9.13 Å². The first-order valence-electron chi connectivity index (χ1n) is 6.51. The van der Waals surface area contributed by atoms with E-state index >= 15 is 0 Å². The molecule has 1 aliphatic heterocycles. The van der Waals surface area contributed by atoms with Crippen LogP contribution in [0.1, 0.15) is 24.4 Å². The molecule has 0 radical (unpaired) electrons. The van der Waals surface area contributed by atoms with Crippen molar-refractivity contribution in [2.24, 2.45) is 7.05 Å². The second-order valence-corrected chi connectivity index (χ2v) is 5.12. The van der Waals surface area contributed by atoms with Gasteiger partial charge in [-0.05, 0) is 25.0 Å². The van der Waals surface area contributed by atoms with E-state index in [0.29, 0.717) is 6.42 Å². The fraction of sp³-hybridized carbons (Fsp3) is 0.357. The summed E-state index contributed by atoms with van der Waals surface area (Å²) in [5, 5.41) is 2.30. The van der Waals surface area contributed by atoms with Gasteiger partial charge < -0.3 is 0 Å². The Balaban J connectivity index is 2.26. The lowest BCUT2D eigenvalue weighted by Crippen LogP contribution is -2.44. The number of rotatable bonds is 1. The molecule has 0 spiro atoms. The first-order valence-corrected chi connectivity index (χ1v) is 6.51. The quantitative estimate of drug-likeness (QED) is 0.774. The standard InChI is InChI=1S/C14H15N3O3/c1-8-4-3-5-9-12(8)17(14(20)16(9)2)10-6-7-11(18)15-13(10)19/h3-5,10H,6-7H2,1-2H3,(H,15,18,19). The number of hydrogen-bond donors (Lipinski definition) is 1. The minimum Gasteiger partial charge on any atom is -0.295 e. The van der Waals surface area contributed by atoms with Gasteiger partial charge in [0.25, 0.3) is 0 Å². The van der Waals surface area contributed by atoms with Crippen LogP contribution >= 0.6 is 0 Å². The van der Waals surface area contributed by atoms with E-state index in [2.05, 4.69) is 5.32 Å². The van der Waals surface area contributed by atoms with Gasteiger partial charge in [-0.25, -0.2) is 4.79 Å². The van der Waals surface area contributed by atoms with Gasteiger partial charge in [0, 0.05) is 13.5 Å². The third-order valence-electron chi connectivity index (χ3n) is 3.83. The summed E-state index contributed by atoms with van der Waals surface area (Å²) >= 11 is 0. The number of aromatic nitrogens is 2. The van der Waals surface area contributed by atoms with Crippen molar-refractivity contribution in [3.63, 3.8) is 0 Å². The lowest BCUT2D eigenvalue weighted by Gasteiger charge is -2.22. The Bertz CT molecular complexity index is 785. The summed E-state index contributed by atoms with van der Waals surface area (Å²) in [7, 11) is 1.69. The molecule has 2 heterocycles. The minimum atomic E-state index is -0.620. The maximum absolute atomic E-state index is 12.4. The molecule has 1 unspecified atom stereocenters. The van der Waals surface area contributed by atoms with Gasteiger partial charge in [0.15, 0.2) is 0 Å². The number of para-hydroxylation sites is 1. The molecule has 1 fully saturated rings. The van der Waals surface area contributed by atoms with Crippen LogP contribution in [0.2, 0.25) is 0 Å². The van der Waals surface area contributed by atoms with Gasteiger partial charge in [0.1, 0.15) is 6.04 Å². The third-order valence-corrected chi connectivity index (χ3v) is 3.83. The van der Waals surface area contributed by atoms with Crippen LogP contribution in [0.4, 0.5) is 0 Å². The van der Waals surface area contributed by atoms with Crippen LogP contribution in [0.15, 0.2) is 23.0 Å². The van der Waals surface area contributed by atoms with E-state index in [-0.39, 0.29) is 18.0 Å². The molecule has 104 valence electrons. The fourth-order valence-corrected chi connectivity index (χ4v) is 2.81. The summed E-state index contributed by atoms with van der Waals surface area (Å²) in [6.45, 7) is 1.91. The monoisotopic (exact) mass is 273 g/mol. The molecule has 1 aromatic carbocycles. The maximum Gasteiger partial charge on any atom is 0.329 e. The summed E-state index contributed by atoms with van der Waals surface area (Å²) in [5.41, 5.74) is 2.25. The molecule has 1 saturated heterocycles. The Morgan fingerprint density at radius 3 is 2.70 bits per heavy atom. The summed E-state index contributed by atoms with van der Waals surface area (Å²) in [6.07, 6.45) is 0.614. The number of nitrogens with one attached hydrogen (secondary N) is 1. The van der Waals surface area contributed by atoms with Crippen LogP contribution < -0.4 is 11.0 Å². The molecule has 3 rings (SSSR count). The highest BCUT2D eigenvalue weighted by Crippen LogP contribution is 2.24. The second-order valence-electron chi connectivity index (χ2n) is 5.12. The summed E-state index contributed by atoms with van der Waals surface area (Å²) in [5.74, 6) is -0.685. The Kier molecular flexibility index (Phi) is 2.74. The molecule has 20 heavy (non-hydrogen) atoms. The molecule has 1 aromatic heterocycles. The first kappa shape index (κ1) is 12.7. The number of nitrogens with zero attached hydrogens (tertiary/aromatic N) is 2. The number of imidazole rings is 1. The van der Waals surface area contributed by atoms with Crippen LogP contribution in [-0.2, 0) is 16.6 Å². The van der Waals surface area contributed by atoms with Crippen molar-refractivity contribution in [3.05, 3.63) is 34.2 Å². The predicted molar refractivity (Wildman–Crippen MR) is 73.3 cm³/mol. The number of carbonyl (C=O) groups excluding carboxylic acids is 2. The van der Waals surface area contributed by atoms with Gasteiger partial charge in [-0.2, -0.15) is 0 Å². The van der Waals surface area contributed by atoms with Crippen molar-refractivity contribution in [3.8, 4) is 0 Å². The zero-order chi connectivity index (χ0) is 14.4. The molecule has 6 nitrogen and oxygen atoms in total. The number of amides is 2. The number of benzene rings is 1. The van der Waals surface area contributed by atoms with Crippen LogP contribution in [0, 0.1) is 6.92 Å². The highest BCUT2D eigenvalue weighted by atomic mass is 16.2. The van der Waals surface area contributed by atoms with Gasteiger partial charge in [0.2, 0.25) is 11.8 Å². The number of fused-ring (bicyclic) bond motifs is 1. The Morgan fingerprint density at radius 1 is 1.25 bits per heavy atom. The van der Waals surface area contributed by atoms with Crippen LogP contribution in [0.3, 0.4) is 0 Å². The largest absolute Gasteiger partial charge is 0.329 e. The molecule has 1 aliphatic rings. The zero-order valence-corrected chi connectivity index (χ0v) is 11.3. The average Bonchev–Trinajstić information content (AvgIpc) is 2.65. The highest BCUT2D eigenvalue weighted by molar-refractivity contribution is 6.00. The van der Waals surface area contributed by atoms with E-state index in [9.17, 15) is 14.4 Å². The van der Waals surface area contributed by atoms with Crippen LogP contribution in [-0.4, -0.2) is 20.9 Å². The van der Waals surface area contributed by atoms with Crippen molar-refractivity contribution in [2.75, 3.05) is 0 Å². The predicted octanol–water partition coefficient (Wildman–Crippen LogP) is 0.626. The lowest BCUT2D eigenvalue weighted by molar-refractivity contribution is -0.135. The van der Waals surface area contributed by atoms with E-state index < -0.39 is 11.9 Å². The van der Waals surface area contributed by atoms with Gasteiger partial charge >= 0.3 is 5.69 Å². The summed E-state index contributed by atoms with van der Waals surface area (Å²) < 4.78 is 3.04. The topological polar surface area (TPSA) is 73.1 Å². The second kappa shape index (κ2) is 4.33. The van der Waals surface area contributed by atoms with Crippen LogP contribution in [0.5, 0.6) is 0 Å². The van der Waals surface area contributed by atoms with Crippen molar-refractivity contribution < 1.29 is 9.59 Å². The third kappa shape index (κ3) is 1.68. The van der Waals surface area contributed by atoms with Gasteiger partial charge in [-0.15, -0.1) is 0 Å². The van der Waals surface area contributed by atoms with E-state index in [4.69, 9.17) is 0 Å². The summed E-state index contributed by atoms with van der Waals surface area (Å²) in [6, 6.07) is 5.02. The molecule has 6 heteroatoms. The first-order chi connectivity index (χ1) is 9.50. The molecular weight excluding hydrogens is 258 g/mol. The smallest absolute Gasteiger partial charge is 0.295 e. The number of aryl methyl sites for hydroxylation is 2. The highest BCUT2D eigenvalue weighted by Gasteiger charge is 2.31.